The molecule has 9 nitrogen and oxygen atoms in total. The van der Waals surface area contributed by atoms with Crippen LogP contribution >= 0.6 is 11.3 Å². The maximum Gasteiger partial charge on any atom is 0.285 e. The third kappa shape index (κ3) is 2.50. The fourth-order valence-electron chi connectivity index (χ4n) is 3.33. The Labute approximate surface area is 164 Å². The summed E-state index contributed by atoms with van der Waals surface area (Å²) in [6.45, 7) is 0. The summed E-state index contributed by atoms with van der Waals surface area (Å²) in [5.74, 6) is -0.745. The molecule has 0 unspecified atom stereocenters. The molecule has 28 heavy (non-hydrogen) atoms. The van der Waals surface area contributed by atoms with E-state index in [-0.39, 0.29) is 22.6 Å². The van der Waals surface area contributed by atoms with E-state index in [4.69, 9.17) is 10.5 Å². The van der Waals surface area contributed by atoms with Crippen molar-refractivity contribution in [3.8, 4) is 26.9 Å². The Balaban J connectivity index is 1.87. The van der Waals surface area contributed by atoms with Gasteiger partial charge in [-0.1, -0.05) is 11.3 Å². The van der Waals surface area contributed by atoms with Gasteiger partial charge in [-0.25, -0.2) is 16.0 Å². The Morgan fingerprint density at radius 1 is 1.21 bits per heavy atom. The molecule has 0 bridgehead atoms. The number of hydrogen-bond donors (Lipinski definition) is 4. The molecule has 1 aliphatic rings. The lowest BCUT2D eigenvalue weighted by molar-refractivity contribution is 0.0576. The molecule has 0 radical (unpaired) electrons. The minimum atomic E-state index is -0.457. The zero-order chi connectivity index (χ0) is 20.0. The lowest BCUT2D eigenvalue weighted by atomic mass is 9.98. The van der Waals surface area contributed by atoms with Gasteiger partial charge in [0.2, 0.25) is 0 Å². The number of nitrogens with two attached hydrogens (primary N) is 1. The largest absolute Gasteiger partial charge is 0.487 e. The van der Waals surface area contributed by atoms with Crippen LogP contribution in [0.3, 0.4) is 0 Å². The van der Waals surface area contributed by atoms with Crippen LogP contribution in [0.1, 0.15) is 26.3 Å². The molecule has 2 aromatic heterocycles. The second kappa shape index (κ2) is 6.75. The Morgan fingerprint density at radius 2 is 1.96 bits per heavy atom. The summed E-state index contributed by atoms with van der Waals surface area (Å²) in [7, 11) is 4.76. The van der Waals surface area contributed by atoms with Crippen LogP contribution in [0.2, 0.25) is 0 Å². The number of fused-ring (bicyclic) bond motifs is 3. The van der Waals surface area contributed by atoms with Crippen molar-refractivity contribution < 1.29 is 14.3 Å². The van der Waals surface area contributed by atoms with Crippen molar-refractivity contribution in [2.75, 3.05) is 26.9 Å². The molecule has 0 saturated carbocycles. The number of nitrogen functional groups attached to an aromatic ring is 1. The van der Waals surface area contributed by atoms with Gasteiger partial charge in [-0.2, -0.15) is 5.10 Å². The Hall–Kier alpha value is -3.21. The summed E-state index contributed by atoms with van der Waals surface area (Å²) in [5.41, 5.74) is 14.3. The first-order valence-corrected chi connectivity index (χ1v) is 9.22. The molecule has 0 fully saturated rings. The number of amides is 1. The first-order valence-electron chi connectivity index (χ1n) is 8.41. The molecular formula is C18H18N6O3S. The lowest BCUT2D eigenvalue weighted by Crippen LogP contribution is -2.49. The molecular weight excluding hydrogens is 380 g/mol. The molecule has 1 aliphatic carbocycles. The van der Waals surface area contributed by atoms with E-state index in [9.17, 15) is 9.59 Å². The van der Waals surface area contributed by atoms with E-state index in [1.165, 1.54) is 11.3 Å². The van der Waals surface area contributed by atoms with Gasteiger partial charge in [-0.3, -0.25) is 14.7 Å². The van der Waals surface area contributed by atoms with E-state index in [0.29, 0.717) is 22.5 Å². The van der Waals surface area contributed by atoms with Crippen LogP contribution in [-0.2, 0) is 0 Å². The van der Waals surface area contributed by atoms with Crippen molar-refractivity contribution in [2.24, 2.45) is 0 Å². The van der Waals surface area contributed by atoms with E-state index in [0.717, 1.165) is 15.1 Å². The topological polar surface area (TPSA) is 125 Å². The average Bonchev–Trinajstić information content (AvgIpc) is 3.39. The maximum atomic E-state index is 13.3. The number of carbonyl (C=O) groups is 2. The molecule has 0 atom stereocenters. The number of ether oxygens (including phenoxy) is 1. The fourth-order valence-corrected chi connectivity index (χ4v) is 4.16. The molecule has 1 aromatic carbocycles. The molecule has 1 amide bonds. The predicted molar refractivity (Wildman–Crippen MR) is 106 cm³/mol. The number of hydrazine groups is 2. The molecule has 3 aromatic rings. The lowest BCUT2D eigenvalue weighted by Gasteiger charge is -2.21. The van der Waals surface area contributed by atoms with E-state index in [1.54, 1.807) is 33.3 Å². The standard InChI is InChI=1S/C18H18N6O3S/c1-20-24(21-2)18(26)13-9(19)5-4-8-12(13)17(25)14-15(8)22-23-16(14)10-6-7-11(27-3)28-10/h4-7,20-21H,19H2,1-3H3,(H,22,23). The first kappa shape index (κ1) is 18.2. The van der Waals surface area contributed by atoms with Crippen LogP contribution in [-0.4, -0.2) is 48.2 Å². The highest BCUT2D eigenvalue weighted by molar-refractivity contribution is 7.17. The summed E-state index contributed by atoms with van der Waals surface area (Å²) in [6, 6.07) is 7.01. The van der Waals surface area contributed by atoms with Gasteiger partial charge in [0, 0.05) is 30.9 Å². The number of nitrogens with zero attached hydrogens (tertiary/aromatic N) is 2. The molecule has 0 saturated heterocycles. The number of carbonyl (C=O) groups excluding carboxylic acids is 2. The Bertz CT molecular complexity index is 1100. The second-order valence-electron chi connectivity index (χ2n) is 6.01. The van der Waals surface area contributed by atoms with Gasteiger partial charge in [0.1, 0.15) is 5.69 Å². The van der Waals surface area contributed by atoms with Gasteiger partial charge >= 0.3 is 0 Å². The van der Waals surface area contributed by atoms with Crippen LogP contribution in [0.15, 0.2) is 24.3 Å². The summed E-state index contributed by atoms with van der Waals surface area (Å²) in [6.07, 6.45) is 0. The van der Waals surface area contributed by atoms with Crippen molar-refractivity contribution in [3.05, 3.63) is 41.0 Å². The van der Waals surface area contributed by atoms with Crippen LogP contribution < -0.4 is 21.3 Å². The maximum absolute atomic E-state index is 13.3. The number of rotatable bonds is 5. The molecule has 2 heterocycles. The summed E-state index contributed by atoms with van der Waals surface area (Å²) in [5, 5.41) is 9.16. The zero-order valence-corrected chi connectivity index (χ0v) is 16.2. The Kier molecular flexibility index (Phi) is 4.38. The average molecular weight is 398 g/mol. The number of ketones is 1. The smallest absolute Gasteiger partial charge is 0.285 e. The number of anilines is 1. The third-order valence-corrected chi connectivity index (χ3v) is 5.67. The van der Waals surface area contributed by atoms with E-state index < -0.39 is 5.91 Å². The second-order valence-corrected chi connectivity index (χ2v) is 7.06. The van der Waals surface area contributed by atoms with Crippen LogP contribution in [0.25, 0.3) is 21.8 Å². The monoisotopic (exact) mass is 398 g/mol. The number of nitrogens with one attached hydrogen (secondary N) is 3. The number of aromatic amines is 1. The number of thiophene rings is 1. The van der Waals surface area contributed by atoms with Crippen molar-refractivity contribution in [1.29, 1.82) is 0 Å². The molecule has 0 spiro atoms. The molecule has 10 heteroatoms. The van der Waals surface area contributed by atoms with Gasteiger partial charge in [-0.05, 0) is 24.3 Å². The van der Waals surface area contributed by atoms with Crippen molar-refractivity contribution in [3.63, 3.8) is 0 Å². The number of methoxy groups -OCH3 is 1. The van der Waals surface area contributed by atoms with Gasteiger partial charge < -0.3 is 10.5 Å². The SMILES string of the molecule is CNN(NC)C(=O)c1c(N)ccc2c1C(=O)c1c-2n[nH]c1-c1ccc(OC)s1. The van der Waals surface area contributed by atoms with Crippen molar-refractivity contribution in [1.82, 2.24) is 26.2 Å². The molecule has 4 rings (SSSR count). The van der Waals surface area contributed by atoms with Gasteiger partial charge in [-0.15, -0.1) is 0 Å². The highest BCUT2D eigenvalue weighted by atomic mass is 32.1. The van der Waals surface area contributed by atoms with Crippen molar-refractivity contribution in [2.45, 2.75) is 0 Å². The minimum Gasteiger partial charge on any atom is -0.487 e. The zero-order valence-electron chi connectivity index (χ0n) is 15.4. The van der Waals surface area contributed by atoms with E-state index in [2.05, 4.69) is 21.0 Å². The van der Waals surface area contributed by atoms with Gasteiger partial charge in [0.15, 0.2) is 10.8 Å². The highest BCUT2D eigenvalue weighted by Gasteiger charge is 2.38. The number of hydrogen-bond acceptors (Lipinski definition) is 8. The van der Waals surface area contributed by atoms with Gasteiger partial charge in [0.25, 0.3) is 5.91 Å². The minimum absolute atomic E-state index is 0.138. The quantitative estimate of drug-likeness (QED) is 0.297. The summed E-state index contributed by atoms with van der Waals surface area (Å²) in [4.78, 5) is 27.1. The van der Waals surface area contributed by atoms with E-state index in [1.807, 2.05) is 12.1 Å². The molecule has 0 aliphatic heterocycles. The van der Waals surface area contributed by atoms with Crippen LogP contribution in [0, 0.1) is 0 Å². The molecule has 5 N–H and O–H groups in total. The number of benzene rings is 1. The normalized spacial score (nSPS) is 12.0. The summed E-state index contributed by atoms with van der Waals surface area (Å²) < 4.78 is 5.24. The van der Waals surface area contributed by atoms with Crippen molar-refractivity contribution >= 4 is 28.7 Å². The highest BCUT2D eigenvalue weighted by Crippen LogP contribution is 2.44. The predicted octanol–water partition coefficient (Wildman–Crippen LogP) is 1.65. The number of aromatic nitrogens is 2. The Morgan fingerprint density at radius 3 is 2.61 bits per heavy atom. The van der Waals surface area contributed by atoms with Crippen LogP contribution in [0.4, 0.5) is 5.69 Å². The van der Waals surface area contributed by atoms with Gasteiger partial charge in [0.05, 0.1) is 28.8 Å². The van der Waals surface area contributed by atoms with E-state index >= 15 is 0 Å². The molecule has 144 valence electrons. The number of H-pyrrole nitrogens is 1. The van der Waals surface area contributed by atoms with Crippen LogP contribution in [0.5, 0.6) is 5.06 Å². The summed E-state index contributed by atoms with van der Waals surface area (Å²) >= 11 is 1.40. The fraction of sp³-hybridized carbons (Fsp3) is 0.167. The third-order valence-electron chi connectivity index (χ3n) is 4.61. The first-order chi connectivity index (χ1) is 13.5.